The molecule has 26 heavy (non-hydrogen) atoms. The molecule has 1 saturated heterocycles. The minimum atomic E-state index is -0.163. The lowest BCUT2D eigenvalue weighted by Gasteiger charge is -2.20. The summed E-state index contributed by atoms with van der Waals surface area (Å²) in [6.45, 7) is 4.38. The van der Waals surface area contributed by atoms with Gasteiger partial charge >= 0.3 is 0 Å². The van der Waals surface area contributed by atoms with Crippen LogP contribution in [0.1, 0.15) is 53.5 Å². The molecule has 0 unspecified atom stereocenters. The number of rotatable bonds is 4. The van der Waals surface area contributed by atoms with Crippen LogP contribution in [0.5, 0.6) is 0 Å². The first kappa shape index (κ1) is 18.7. The summed E-state index contributed by atoms with van der Waals surface area (Å²) in [7, 11) is 0. The molecule has 1 aliphatic heterocycles. The van der Waals surface area contributed by atoms with Crippen molar-refractivity contribution in [1.82, 2.24) is 9.47 Å². The highest BCUT2D eigenvalue weighted by Gasteiger charge is 2.17. The standard InChI is InChI=1S/C20H24BrN3O2/c1-2-23-14-16(21)13-18(23)19(25)22-17-9-7-15(8-10-17)20(26)24-11-5-3-4-6-12-24/h7-10,13-14H,2-6,11-12H2,1H3,(H,22,25). The van der Waals surface area contributed by atoms with Crippen LogP contribution in [-0.2, 0) is 6.54 Å². The van der Waals surface area contributed by atoms with Gasteiger partial charge < -0.3 is 14.8 Å². The van der Waals surface area contributed by atoms with E-state index >= 15 is 0 Å². The normalized spacial score (nSPS) is 14.8. The Balaban J connectivity index is 1.67. The molecule has 1 aliphatic rings. The Hall–Kier alpha value is -2.08. The molecule has 0 bridgehead atoms. The van der Waals surface area contributed by atoms with Gasteiger partial charge in [0.05, 0.1) is 0 Å². The molecular formula is C20H24BrN3O2. The van der Waals surface area contributed by atoms with Crippen molar-refractivity contribution in [2.24, 2.45) is 0 Å². The second-order valence-corrected chi connectivity index (χ2v) is 7.48. The molecule has 0 atom stereocenters. The monoisotopic (exact) mass is 417 g/mol. The number of hydrogen-bond acceptors (Lipinski definition) is 2. The number of nitrogens with one attached hydrogen (secondary N) is 1. The minimum Gasteiger partial charge on any atom is -0.343 e. The first-order valence-corrected chi connectivity index (χ1v) is 9.94. The lowest BCUT2D eigenvalue weighted by atomic mass is 10.1. The van der Waals surface area contributed by atoms with Crippen LogP contribution in [0.4, 0.5) is 5.69 Å². The molecule has 6 heteroatoms. The number of halogens is 1. The topological polar surface area (TPSA) is 54.3 Å². The number of nitrogens with zero attached hydrogens (tertiary/aromatic N) is 2. The van der Waals surface area contributed by atoms with Gasteiger partial charge in [-0.2, -0.15) is 0 Å². The summed E-state index contributed by atoms with van der Waals surface area (Å²) in [6, 6.07) is 8.96. The van der Waals surface area contributed by atoms with E-state index in [4.69, 9.17) is 0 Å². The fraction of sp³-hybridized carbons (Fsp3) is 0.400. The van der Waals surface area contributed by atoms with Crippen molar-refractivity contribution in [3.63, 3.8) is 0 Å². The van der Waals surface area contributed by atoms with Crippen LogP contribution in [0.3, 0.4) is 0 Å². The number of amides is 2. The number of carbonyl (C=O) groups is 2. The zero-order valence-corrected chi connectivity index (χ0v) is 16.6. The van der Waals surface area contributed by atoms with Crippen molar-refractivity contribution in [3.05, 3.63) is 52.3 Å². The zero-order chi connectivity index (χ0) is 18.5. The van der Waals surface area contributed by atoms with Crippen LogP contribution in [0.25, 0.3) is 0 Å². The van der Waals surface area contributed by atoms with Gasteiger partial charge in [-0.05, 0) is 66.0 Å². The highest BCUT2D eigenvalue weighted by Crippen LogP contribution is 2.18. The number of likely N-dealkylation sites (tertiary alicyclic amines) is 1. The van der Waals surface area contributed by atoms with Crippen molar-refractivity contribution in [2.45, 2.75) is 39.2 Å². The lowest BCUT2D eigenvalue weighted by molar-refractivity contribution is 0.0761. The summed E-state index contributed by atoms with van der Waals surface area (Å²) in [4.78, 5) is 27.0. The Morgan fingerprint density at radius 2 is 1.73 bits per heavy atom. The van der Waals surface area contributed by atoms with Gasteiger partial charge in [-0.25, -0.2) is 0 Å². The van der Waals surface area contributed by atoms with Crippen LogP contribution in [0, 0.1) is 0 Å². The Kier molecular flexibility index (Phi) is 6.14. The smallest absolute Gasteiger partial charge is 0.272 e. The molecule has 3 rings (SSSR count). The van der Waals surface area contributed by atoms with Crippen LogP contribution >= 0.6 is 15.9 Å². The van der Waals surface area contributed by atoms with Crippen LogP contribution < -0.4 is 5.32 Å². The average Bonchev–Trinajstić information content (AvgIpc) is 2.84. The molecule has 0 spiro atoms. The molecular weight excluding hydrogens is 394 g/mol. The van der Waals surface area contributed by atoms with Gasteiger partial charge in [0.15, 0.2) is 0 Å². The molecule has 0 radical (unpaired) electrons. The maximum Gasteiger partial charge on any atom is 0.272 e. The number of aryl methyl sites for hydroxylation is 1. The summed E-state index contributed by atoms with van der Waals surface area (Å²) in [5, 5.41) is 2.90. The molecule has 1 fully saturated rings. The molecule has 0 saturated carbocycles. The molecule has 5 nitrogen and oxygen atoms in total. The maximum absolute atomic E-state index is 12.6. The highest BCUT2D eigenvalue weighted by atomic mass is 79.9. The van der Waals surface area contributed by atoms with E-state index in [0.717, 1.165) is 36.9 Å². The van der Waals surface area contributed by atoms with E-state index in [1.54, 1.807) is 30.3 Å². The van der Waals surface area contributed by atoms with E-state index in [1.807, 2.05) is 22.6 Å². The van der Waals surface area contributed by atoms with Gasteiger partial charge in [0.25, 0.3) is 11.8 Å². The fourth-order valence-corrected chi connectivity index (χ4v) is 3.74. The van der Waals surface area contributed by atoms with E-state index in [-0.39, 0.29) is 11.8 Å². The summed E-state index contributed by atoms with van der Waals surface area (Å²) in [5.41, 5.74) is 1.95. The Morgan fingerprint density at radius 1 is 1.08 bits per heavy atom. The first-order chi connectivity index (χ1) is 12.6. The minimum absolute atomic E-state index is 0.0774. The van der Waals surface area contributed by atoms with E-state index in [2.05, 4.69) is 21.2 Å². The third-order valence-corrected chi connectivity index (χ3v) is 5.15. The van der Waals surface area contributed by atoms with Crippen LogP contribution in [0.15, 0.2) is 41.0 Å². The Morgan fingerprint density at radius 3 is 2.35 bits per heavy atom. The molecule has 2 heterocycles. The third kappa shape index (κ3) is 4.36. The zero-order valence-electron chi connectivity index (χ0n) is 15.0. The van der Waals surface area contributed by atoms with Gasteiger partial charge in [-0.15, -0.1) is 0 Å². The number of benzene rings is 1. The van der Waals surface area contributed by atoms with Gasteiger partial charge in [0.1, 0.15) is 5.69 Å². The Bertz CT molecular complexity index is 775. The number of hydrogen-bond donors (Lipinski definition) is 1. The van der Waals surface area contributed by atoms with Gasteiger partial charge in [0.2, 0.25) is 0 Å². The largest absolute Gasteiger partial charge is 0.343 e. The molecule has 2 amide bonds. The van der Waals surface area contributed by atoms with Crippen molar-refractivity contribution < 1.29 is 9.59 Å². The van der Waals surface area contributed by atoms with Crippen LogP contribution in [0.2, 0.25) is 0 Å². The van der Waals surface area contributed by atoms with E-state index in [9.17, 15) is 9.59 Å². The summed E-state index contributed by atoms with van der Waals surface area (Å²) in [5.74, 6) is -0.0855. The summed E-state index contributed by atoms with van der Waals surface area (Å²) >= 11 is 3.40. The van der Waals surface area contributed by atoms with E-state index in [1.165, 1.54) is 12.8 Å². The summed E-state index contributed by atoms with van der Waals surface area (Å²) < 4.78 is 2.76. The second kappa shape index (κ2) is 8.54. The SMILES string of the molecule is CCn1cc(Br)cc1C(=O)Nc1ccc(C(=O)N2CCCCCC2)cc1. The fourth-order valence-electron chi connectivity index (χ4n) is 3.27. The molecule has 1 N–H and O–H groups in total. The molecule has 1 aromatic carbocycles. The summed E-state index contributed by atoms with van der Waals surface area (Å²) in [6.07, 6.45) is 6.44. The average molecular weight is 418 g/mol. The number of aromatic nitrogens is 1. The van der Waals surface area contributed by atoms with Crippen LogP contribution in [-0.4, -0.2) is 34.4 Å². The van der Waals surface area contributed by atoms with Crippen molar-refractivity contribution in [2.75, 3.05) is 18.4 Å². The predicted molar refractivity (Wildman–Crippen MR) is 107 cm³/mol. The van der Waals surface area contributed by atoms with Gasteiger partial charge in [-0.1, -0.05) is 12.8 Å². The molecule has 0 aliphatic carbocycles. The first-order valence-electron chi connectivity index (χ1n) is 9.15. The second-order valence-electron chi connectivity index (χ2n) is 6.57. The third-order valence-electron chi connectivity index (χ3n) is 4.72. The van der Waals surface area contributed by atoms with E-state index < -0.39 is 0 Å². The maximum atomic E-state index is 12.6. The van der Waals surface area contributed by atoms with Crippen molar-refractivity contribution >= 4 is 33.4 Å². The van der Waals surface area contributed by atoms with Gasteiger partial charge in [-0.3, -0.25) is 9.59 Å². The lowest BCUT2D eigenvalue weighted by Crippen LogP contribution is -2.31. The quantitative estimate of drug-likeness (QED) is 0.793. The molecule has 1 aromatic heterocycles. The van der Waals surface area contributed by atoms with E-state index in [0.29, 0.717) is 16.9 Å². The van der Waals surface area contributed by atoms with Crippen molar-refractivity contribution in [3.8, 4) is 0 Å². The molecule has 138 valence electrons. The van der Waals surface area contributed by atoms with Crippen molar-refractivity contribution in [1.29, 1.82) is 0 Å². The predicted octanol–water partition coefficient (Wildman–Crippen LogP) is 4.54. The Labute approximate surface area is 162 Å². The number of carbonyl (C=O) groups excluding carboxylic acids is 2. The van der Waals surface area contributed by atoms with Gasteiger partial charge in [0, 0.05) is 41.6 Å². The molecule has 2 aromatic rings. The highest BCUT2D eigenvalue weighted by molar-refractivity contribution is 9.10. The number of anilines is 1.